The summed E-state index contributed by atoms with van der Waals surface area (Å²) in [5.74, 6) is 1.03. The van der Waals surface area contributed by atoms with Gasteiger partial charge in [-0.15, -0.1) is 10.2 Å². The first-order chi connectivity index (χ1) is 15.3. The van der Waals surface area contributed by atoms with Crippen LogP contribution in [-0.2, 0) is 11.3 Å². The Hall–Kier alpha value is -3.13. The van der Waals surface area contributed by atoms with Crippen LogP contribution in [0.2, 0.25) is 0 Å². The molecule has 0 radical (unpaired) electrons. The molecule has 2 aromatic heterocycles. The van der Waals surface area contributed by atoms with Gasteiger partial charge in [0.05, 0.1) is 16.7 Å². The van der Waals surface area contributed by atoms with Crippen molar-refractivity contribution in [3.05, 3.63) is 63.9 Å². The molecule has 2 aromatic carbocycles. The van der Waals surface area contributed by atoms with Crippen molar-refractivity contribution in [1.82, 2.24) is 19.2 Å². The van der Waals surface area contributed by atoms with Crippen molar-refractivity contribution < 1.29 is 4.79 Å². The number of carbonyl (C=O) groups excluding carboxylic acids is 1. The van der Waals surface area contributed by atoms with E-state index in [0.29, 0.717) is 28.8 Å². The van der Waals surface area contributed by atoms with Gasteiger partial charge in [-0.3, -0.25) is 18.6 Å². The molecule has 0 atom stereocenters. The molecule has 0 fully saturated rings. The molecule has 0 saturated carbocycles. The fraction of sp³-hybridized carbons (Fsp3) is 0.333. The molecule has 1 N–H and O–H groups in total. The van der Waals surface area contributed by atoms with Crippen LogP contribution in [0.1, 0.15) is 31.4 Å². The van der Waals surface area contributed by atoms with Gasteiger partial charge in [0.15, 0.2) is 5.16 Å². The van der Waals surface area contributed by atoms with E-state index in [1.54, 1.807) is 4.57 Å². The fourth-order valence-electron chi connectivity index (χ4n) is 3.56. The average molecular weight is 450 g/mol. The highest BCUT2D eigenvalue weighted by Gasteiger charge is 2.18. The second-order valence-electron chi connectivity index (χ2n) is 8.41. The van der Waals surface area contributed by atoms with Gasteiger partial charge in [0.2, 0.25) is 11.7 Å². The van der Waals surface area contributed by atoms with Crippen LogP contribution in [0.4, 0.5) is 5.69 Å². The topological polar surface area (TPSA) is 81.3 Å². The largest absolute Gasteiger partial charge is 0.325 e. The van der Waals surface area contributed by atoms with E-state index in [2.05, 4.69) is 29.4 Å². The first-order valence-corrected chi connectivity index (χ1v) is 11.7. The van der Waals surface area contributed by atoms with E-state index in [-0.39, 0.29) is 17.2 Å². The Morgan fingerprint density at radius 2 is 1.88 bits per heavy atom. The second kappa shape index (κ2) is 9.16. The molecule has 0 aliphatic carbocycles. The lowest BCUT2D eigenvalue weighted by atomic mass is 10.1. The molecule has 0 saturated heterocycles. The third kappa shape index (κ3) is 4.41. The summed E-state index contributed by atoms with van der Waals surface area (Å²) in [7, 11) is 0. The standard InChI is InChI=1S/C24H27N5O2S/c1-15(2)11-12-28-22(31)19-7-5-6-8-20(19)29-23(28)26-27-24(29)32-14-21(30)25-18-10-9-16(3)17(4)13-18/h5-10,13,15H,11-12,14H2,1-4H3,(H,25,30). The second-order valence-corrected chi connectivity index (χ2v) is 9.35. The predicted octanol–water partition coefficient (Wildman–Crippen LogP) is 4.44. The van der Waals surface area contributed by atoms with Gasteiger partial charge in [0.1, 0.15) is 0 Å². The molecule has 166 valence electrons. The smallest absolute Gasteiger partial charge is 0.262 e. The molecule has 0 aliphatic rings. The number of amides is 1. The van der Waals surface area contributed by atoms with Crippen LogP contribution in [0.25, 0.3) is 16.7 Å². The zero-order valence-electron chi connectivity index (χ0n) is 18.8. The van der Waals surface area contributed by atoms with E-state index in [0.717, 1.165) is 23.2 Å². The maximum Gasteiger partial charge on any atom is 0.262 e. The van der Waals surface area contributed by atoms with E-state index in [1.165, 1.54) is 17.3 Å². The normalized spacial score (nSPS) is 11.5. The van der Waals surface area contributed by atoms with Crippen LogP contribution in [0, 0.1) is 19.8 Å². The van der Waals surface area contributed by atoms with Crippen molar-refractivity contribution in [2.24, 2.45) is 5.92 Å². The number of benzene rings is 2. The molecule has 1 amide bonds. The monoisotopic (exact) mass is 449 g/mol. The number of hydrogen-bond acceptors (Lipinski definition) is 5. The van der Waals surface area contributed by atoms with Gasteiger partial charge in [0, 0.05) is 12.2 Å². The van der Waals surface area contributed by atoms with Gasteiger partial charge in [-0.05, 0) is 61.6 Å². The van der Waals surface area contributed by atoms with Crippen molar-refractivity contribution in [3.8, 4) is 0 Å². The number of thioether (sulfide) groups is 1. The highest BCUT2D eigenvalue weighted by Crippen LogP contribution is 2.22. The summed E-state index contributed by atoms with van der Waals surface area (Å²) in [4.78, 5) is 25.7. The van der Waals surface area contributed by atoms with Crippen LogP contribution >= 0.6 is 11.8 Å². The summed E-state index contributed by atoms with van der Waals surface area (Å²) in [5, 5.41) is 12.8. The predicted molar refractivity (Wildman–Crippen MR) is 129 cm³/mol. The van der Waals surface area contributed by atoms with Crippen molar-refractivity contribution in [1.29, 1.82) is 0 Å². The van der Waals surface area contributed by atoms with Crippen molar-refractivity contribution in [2.45, 2.75) is 45.8 Å². The maximum absolute atomic E-state index is 13.1. The minimum Gasteiger partial charge on any atom is -0.325 e. The van der Waals surface area contributed by atoms with Crippen LogP contribution in [0.5, 0.6) is 0 Å². The Kier molecular flexibility index (Phi) is 6.32. The molecule has 0 unspecified atom stereocenters. The van der Waals surface area contributed by atoms with Gasteiger partial charge in [-0.1, -0.05) is 43.8 Å². The van der Waals surface area contributed by atoms with Gasteiger partial charge < -0.3 is 5.32 Å². The summed E-state index contributed by atoms with van der Waals surface area (Å²) in [6.07, 6.45) is 0.863. The molecule has 0 aliphatic heterocycles. The number of carbonyl (C=O) groups is 1. The van der Waals surface area contributed by atoms with Crippen LogP contribution < -0.4 is 10.9 Å². The third-order valence-electron chi connectivity index (χ3n) is 5.53. The minimum absolute atomic E-state index is 0.0646. The quantitative estimate of drug-likeness (QED) is 0.422. The van der Waals surface area contributed by atoms with E-state index in [1.807, 2.05) is 60.7 Å². The first kappa shape index (κ1) is 22.1. The fourth-order valence-corrected chi connectivity index (χ4v) is 4.30. The minimum atomic E-state index is -0.118. The lowest BCUT2D eigenvalue weighted by Gasteiger charge is -2.12. The highest BCUT2D eigenvalue weighted by molar-refractivity contribution is 7.99. The maximum atomic E-state index is 13.1. The number of nitrogens with zero attached hydrogens (tertiary/aromatic N) is 4. The van der Waals surface area contributed by atoms with Crippen LogP contribution in [0.15, 0.2) is 52.4 Å². The Labute approximate surface area is 190 Å². The Bertz CT molecular complexity index is 1360. The third-order valence-corrected chi connectivity index (χ3v) is 6.46. The average Bonchev–Trinajstić information content (AvgIpc) is 3.18. The number of hydrogen-bond donors (Lipinski definition) is 1. The van der Waals surface area contributed by atoms with E-state index >= 15 is 0 Å². The molecule has 8 heteroatoms. The Morgan fingerprint density at radius 1 is 1.09 bits per heavy atom. The summed E-state index contributed by atoms with van der Waals surface area (Å²) in [5.41, 5.74) is 3.77. The summed E-state index contributed by atoms with van der Waals surface area (Å²) in [6.45, 7) is 8.89. The highest BCUT2D eigenvalue weighted by atomic mass is 32.2. The van der Waals surface area contributed by atoms with Crippen molar-refractivity contribution in [2.75, 3.05) is 11.1 Å². The summed E-state index contributed by atoms with van der Waals surface area (Å²) < 4.78 is 3.57. The number of nitrogens with one attached hydrogen (secondary N) is 1. The molecule has 0 spiro atoms. The lowest BCUT2D eigenvalue weighted by molar-refractivity contribution is -0.113. The van der Waals surface area contributed by atoms with Crippen LogP contribution in [-0.4, -0.2) is 30.8 Å². The first-order valence-electron chi connectivity index (χ1n) is 10.7. The molecule has 2 heterocycles. The van der Waals surface area contributed by atoms with Gasteiger partial charge in [-0.25, -0.2) is 0 Å². The van der Waals surface area contributed by atoms with E-state index in [9.17, 15) is 9.59 Å². The number of rotatable bonds is 7. The number of fused-ring (bicyclic) bond motifs is 3. The Morgan fingerprint density at radius 3 is 2.62 bits per heavy atom. The molecular weight excluding hydrogens is 422 g/mol. The van der Waals surface area contributed by atoms with E-state index < -0.39 is 0 Å². The number of para-hydroxylation sites is 1. The Balaban J connectivity index is 1.64. The summed E-state index contributed by atoms with van der Waals surface area (Å²) in [6, 6.07) is 13.3. The molecule has 4 aromatic rings. The van der Waals surface area contributed by atoms with Gasteiger partial charge >= 0.3 is 0 Å². The molecule has 32 heavy (non-hydrogen) atoms. The molecular formula is C24H27N5O2S. The van der Waals surface area contributed by atoms with Crippen molar-refractivity contribution in [3.63, 3.8) is 0 Å². The van der Waals surface area contributed by atoms with Crippen molar-refractivity contribution >= 4 is 40.0 Å². The summed E-state index contributed by atoms with van der Waals surface area (Å²) >= 11 is 1.31. The molecule has 4 rings (SSSR count). The van der Waals surface area contributed by atoms with E-state index in [4.69, 9.17) is 0 Å². The SMILES string of the molecule is Cc1ccc(NC(=O)CSc2nnc3n(CCC(C)C)c(=O)c4ccccc4n23)cc1C. The number of aromatic nitrogens is 4. The lowest BCUT2D eigenvalue weighted by Crippen LogP contribution is -2.24. The van der Waals surface area contributed by atoms with Gasteiger partial charge in [-0.2, -0.15) is 0 Å². The zero-order chi connectivity index (χ0) is 22.8. The van der Waals surface area contributed by atoms with Gasteiger partial charge in [0.25, 0.3) is 5.56 Å². The van der Waals surface area contributed by atoms with Crippen LogP contribution in [0.3, 0.4) is 0 Å². The number of aryl methyl sites for hydroxylation is 3. The number of anilines is 1. The zero-order valence-corrected chi connectivity index (χ0v) is 19.6. The molecule has 0 bridgehead atoms. The molecule has 7 nitrogen and oxygen atoms in total.